The van der Waals surface area contributed by atoms with Gasteiger partial charge in [0.05, 0.1) is 0 Å². The first-order chi connectivity index (χ1) is 6.18. The molecule has 4 N–H and O–H groups in total. The number of fused-ring (bicyclic) bond motifs is 1. The van der Waals surface area contributed by atoms with E-state index in [9.17, 15) is 5.11 Å². The van der Waals surface area contributed by atoms with E-state index in [0.29, 0.717) is 11.4 Å². The van der Waals surface area contributed by atoms with E-state index < -0.39 is 0 Å². The summed E-state index contributed by atoms with van der Waals surface area (Å²) < 4.78 is 0. The molecule has 0 saturated carbocycles. The summed E-state index contributed by atoms with van der Waals surface area (Å²) in [6.45, 7) is 3.00. The third-order valence-corrected chi connectivity index (χ3v) is 2.54. The molecule has 1 aliphatic rings. The van der Waals surface area contributed by atoms with Gasteiger partial charge in [-0.3, -0.25) is 0 Å². The van der Waals surface area contributed by atoms with Gasteiger partial charge in [-0.15, -0.1) is 0 Å². The first kappa shape index (κ1) is 8.38. The van der Waals surface area contributed by atoms with Crippen molar-refractivity contribution in [3.05, 3.63) is 23.3 Å². The molecule has 3 nitrogen and oxygen atoms in total. The van der Waals surface area contributed by atoms with E-state index in [4.69, 9.17) is 5.73 Å². The zero-order valence-electron chi connectivity index (χ0n) is 7.67. The lowest BCUT2D eigenvalue weighted by Gasteiger charge is -2.25. The second kappa shape index (κ2) is 2.92. The molecular weight excluding hydrogens is 164 g/mol. The lowest BCUT2D eigenvalue weighted by Crippen LogP contribution is -2.27. The number of hydrogen-bond donors (Lipinski definition) is 3. The Morgan fingerprint density at radius 1 is 1.54 bits per heavy atom. The van der Waals surface area contributed by atoms with E-state index in [1.165, 1.54) is 5.56 Å². The topological polar surface area (TPSA) is 58.3 Å². The number of anilines is 1. The van der Waals surface area contributed by atoms with Crippen molar-refractivity contribution in [3.8, 4) is 5.75 Å². The molecule has 0 amide bonds. The third-order valence-electron chi connectivity index (χ3n) is 2.54. The molecule has 1 aromatic rings. The minimum absolute atomic E-state index is 0.226. The van der Waals surface area contributed by atoms with Crippen LogP contribution < -0.4 is 11.1 Å². The van der Waals surface area contributed by atoms with Gasteiger partial charge in [-0.25, -0.2) is 0 Å². The summed E-state index contributed by atoms with van der Waals surface area (Å²) in [6, 6.07) is 3.79. The van der Waals surface area contributed by atoms with Crippen LogP contribution in [0.3, 0.4) is 0 Å². The second-order valence-electron chi connectivity index (χ2n) is 3.54. The SMILES string of the molecule is CC1NCCc2cc(N)cc(O)c21. The molecule has 1 unspecified atom stereocenters. The maximum atomic E-state index is 9.69. The summed E-state index contributed by atoms with van der Waals surface area (Å²) in [5.74, 6) is 0.315. The highest BCUT2D eigenvalue weighted by molar-refractivity contribution is 5.54. The quantitative estimate of drug-likeness (QED) is 0.523. The van der Waals surface area contributed by atoms with E-state index in [1.54, 1.807) is 6.07 Å². The number of nitrogens with one attached hydrogen (secondary N) is 1. The van der Waals surface area contributed by atoms with Crippen molar-refractivity contribution < 1.29 is 5.11 Å². The molecule has 13 heavy (non-hydrogen) atoms. The zero-order valence-corrected chi connectivity index (χ0v) is 7.67. The largest absolute Gasteiger partial charge is 0.508 e. The van der Waals surface area contributed by atoms with Crippen LogP contribution in [0.5, 0.6) is 5.75 Å². The van der Waals surface area contributed by atoms with Crippen molar-refractivity contribution in [1.29, 1.82) is 0 Å². The Bertz CT molecular complexity index is 336. The molecule has 0 fully saturated rings. The number of nitrogen functional groups attached to an aromatic ring is 1. The Morgan fingerprint density at radius 3 is 3.08 bits per heavy atom. The average Bonchev–Trinajstić information content (AvgIpc) is 2.02. The van der Waals surface area contributed by atoms with Crippen molar-refractivity contribution in [2.75, 3.05) is 12.3 Å². The minimum atomic E-state index is 0.226. The molecule has 0 saturated heterocycles. The van der Waals surface area contributed by atoms with Gasteiger partial charge in [-0.1, -0.05) is 0 Å². The van der Waals surface area contributed by atoms with Crippen LogP contribution in [0.2, 0.25) is 0 Å². The molecule has 0 aromatic heterocycles. The lowest BCUT2D eigenvalue weighted by molar-refractivity contribution is 0.443. The molecule has 0 radical (unpaired) electrons. The smallest absolute Gasteiger partial charge is 0.122 e. The zero-order chi connectivity index (χ0) is 9.42. The fourth-order valence-electron chi connectivity index (χ4n) is 1.95. The van der Waals surface area contributed by atoms with Gasteiger partial charge in [0.15, 0.2) is 0 Å². The van der Waals surface area contributed by atoms with Crippen molar-refractivity contribution >= 4 is 5.69 Å². The number of hydrogen-bond acceptors (Lipinski definition) is 3. The summed E-state index contributed by atoms with van der Waals surface area (Å²) in [7, 11) is 0. The number of rotatable bonds is 0. The van der Waals surface area contributed by atoms with Crippen molar-refractivity contribution in [1.82, 2.24) is 5.32 Å². The Labute approximate surface area is 77.6 Å². The summed E-state index contributed by atoms with van der Waals surface area (Å²) >= 11 is 0. The Balaban J connectivity index is 2.56. The lowest BCUT2D eigenvalue weighted by atomic mass is 9.94. The third kappa shape index (κ3) is 1.35. The van der Waals surface area contributed by atoms with E-state index in [0.717, 1.165) is 18.5 Å². The summed E-state index contributed by atoms with van der Waals surface area (Å²) in [4.78, 5) is 0. The van der Waals surface area contributed by atoms with Gasteiger partial charge in [-0.2, -0.15) is 0 Å². The van der Waals surface area contributed by atoms with Crippen LogP contribution in [-0.4, -0.2) is 11.7 Å². The number of phenols is 1. The van der Waals surface area contributed by atoms with Gasteiger partial charge in [0, 0.05) is 23.4 Å². The van der Waals surface area contributed by atoms with Gasteiger partial charge >= 0.3 is 0 Å². The van der Waals surface area contributed by atoms with Crippen LogP contribution in [0.4, 0.5) is 5.69 Å². The Morgan fingerprint density at radius 2 is 2.31 bits per heavy atom. The fourth-order valence-corrected chi connectivity index (χ4v) is 1.95. The van der Waals surface area contributed by atoms with Crippen LogP contribution in [0.15, 0.2) is 12.1 Å². The molecule has 0 bridgehead atoms. The van der Waals surface area contributed by atoms with E-state index in [-0.39, 0.29) is 6.04 Å². The predicted molar refractivity (Wildman–Crippen MR) is 52.6 cm³/mol. The van der Waals surface area contributed by atoms with Crippen LogP contribution in [0.25, 0.3) is 0 Å². The number of aromatic hydroxyl groups is 1. The average molecular weight is 178 g/mol. The molecule has 1 aromatic carbocycles. The fraction of sp³-hybridized carbons (Fsp3) is 0.400. The molecule has 2 rings (SSSR count). The standard InChI is InChI=1S/C10H14N2O/c1-6-10-7(2-3-12-6)4-8(11)5-9(10)13/h4-6,12-13H,2-3,11H2,1H3. The van der Waals surface area contributed by atoms with E-state index in [1.807, 2.05) is 13.0 Å². The van der Waals surface area contributed by atoms with Gasteiger partial charge in [0.1, 0.15) is 5.75 Å². The van der Waals surface area contributed by atoms with E-state index in [2.05, 4.69) is 5.32 Å². The molecule has 70 valence electrons. The molecular formula is C10H14N2O. The molecule has 1 aliphatic heterocycles. The highest BCUT2D eigenvalue weighted by Gasteiger charge is 2.19. The molecule has 0 aliphatic carbocycles. The minimum Gasteiger partial charge on any atom is -0.508 e. The van der Waals surface area contributed by atoms with Crippen LogP contribution in [0, 0.1) is 0 Å². The van der Waals surface area contributed by atoms with Crippen molar-refractivity contribution in [2.24, 2.45) is 0 Å². The van der Waals surface area contributed by atoms with Crippen LogP contribution >= 0.6 is 0 Å². The van der Waals surface area contributed by atoms with E-state index >= 15 is 0 Å². The van der Waals surface area contributed by atoms with Crippen LogP contribution in [0.1, 0.15) is 24.1 Å². The highest BCUT2D eigenvalue weighted by Crippen LogP contribution is 2.32. The maximum absolute atomic E-state index is 9.69. The molecule has 0 spiro atoms. The number of benzene rings is 1. The maximum Gasteiger partial charge on any atom is 0.122 e. The van der Waals surface area contributed by atoms with Gasteiger partial charge in [-0.05, 0) is 31.5 Å². The van der Waals surface area contributed by atoms with Crippen molar-refractivity contribution in [3.63, 3.8) is 0 Å². The van der Waals surface area contributed by atoms with Gasteiger partial charge in [0.25, 0.3) is 0 Å². The first-order valence-corrected chi connectivity index (χ1v) is 4.53. The van der Waals surface area contributed by atoms with Crippen molar-refractivity contribution in [2.45, 2.75) is 19.4 Å². The normalized spacial score (nSPS) is 21.2. The monoisotopic (exact) mass is 178 g/mol. The Kier molecular flexibility index (Phi) is 1.88. The first-order valence-electron chi connectivity index (χ1n) is 4.53. The second-order valence-corrected chi connectivity index (χ2v) is 3.54. The molecule has 1 heterocycles. The Hall–Kier alpha value is -1.22. The summed E-state index contributed by atoms with van der Waals surface area (Å²) in [5.41, 5.74) is 8.46. The summed E-state index contributed by atoms with van der Waals surface area (Å²) in [6.07, 6.45) is 0.943. The van der Waals surface area contributed by atoms with Gasteiger partial charge < -0.3 is 16.2 Å². The number of phenolic OH excluding ortho intramolecular Hbond substituents is 1. The molecule has 3 heteroatoms. The predicted octanol–water partition coefficient (Wildman–Crippen LogP) is 1.18. The highest BCUT2D eigenvalue weighted by atomic mass is 16.3. The molecule has 1 atom stereocenters. The number of nitrogens with two attached hydrogens (primary N) is 1. The van der Waals surface area contributed by atoms with Crippen LogP contribution in [-0.2, 0) is 6.42 Å². The summed E-state index contributed by atoms with van der Waals surface area (Å²) in [5, 5.41) is 13.0. The van der Waals surface area contributed by atoms with Gasteiger partial charge in [0.2, 0.25) is 0 Å².